The van der Waals surface area contributed by atoms with E-state index in [0.717, 1.165) is 67.5 Å². The van der Waals surface area contributed by atoms with E-state index in [9.17, 15) is 9.59 Å². The molecule has 212 valence electrons. The van der Waals surface area contributed by atoms with Gasteiger partial charge in [0, 0.05) is 11.1 Å². The Morgan fingerprint density at radius 1 is 0.600 bits per heavy atom. The lowest BCUT2D eigenvalue weighted by molar-refractivity contribution is 0.111. The van der Waals surface area contributed by atoms with Gasteiger partial charge in [-0.15, -0.1) is 0 Å². The van der Waals surface area contributed by atoms with Crippen molar-refractivity contribution < 1.29 is 18.4 Å². The number of carbonyl (C=O) groups is 2. The predicted molar refractivity (Wildman–Crippen MR) is 175 cm³/mol. The fourth-order valence-corrected chi connectivity index (χ4v) is 7.03. The van der Waals surface area contributed by atoms with Crippen molar-refractivity contribution in [3.63, 3.8) is 0 Å². The first-order chi connectivity index (χ1) is 18.3. The molecule has 4 nitrogen and oxygen atoms in total. The summed E-state index contributed by atoms with van der Waals surface area (Å²) in [6.45, 7) is 26.6. The lowest BCUT2D eigenvalue weighted by Crippen LogP contribution is -2.44. The maximum atomic E-state index is 12.3. The molecule has 0 aliphatic rings. The minimum absolute atomic E-state index is 0.0409. The summed E-state index contributed by atoms with van der Waals surface area (Å²) < 4.78 is 13.6. The predicted octanol–water partition coefficient (Wildman–Crippen LogP) is 10.2. The first-order valence-electron chi connectivity index (χ1n) is 14.1. The Hall–Kier alpha value is -2.97. The second-order valence-corrected chi connectivity index (χ2v) is 23.7. The van der Waals surface area contributed by atoms with Crippen molar-refractivity contribution in [2.75, 3.05) is 0 Å². The van der Waals surface area contributed by atoms with E-state index in [-0.39, 0.29) is 10.1 Å². The van der Waals surface area contributed by atoms with Crippen LogP contribution in [0.1, 0.15) is 73.4 Å². The monoisotopic (exact) mass is 572 g/mol. The van der Waals surface area contributed by atoms with Gasteiger partial charge in [-0.2, -0.15) is 0 Å². The third-order valence-electron chi connectivity index (χ3n) is 9.46. The van der Waals surface area contributed by atoms with Crippen molar-refractivity contribution in [2.45, 2.75) is 91.7 Å². The van der Waals surface area contributed by atoms with Crippen LogP contribution in [0, 0.1) is 13.8 Å². The van der Waals surface area contributed by atoms with Gasteiger partial charge in [0.1, 0.15) is 11.5 Å². The first kappa shape index (κ1) is 30.0. The molecule has 0 radical (unpaired) electrons. The normalized spacial score (nSPS) is 13.2. The highest BCUT2D eigenvalue weighted by atomic mass is 28.4. The lowest BCUT2D eigenvalue weighted by atomic mass is 9.88. The van der Waals surface area contributed by atoms with Gasteiger partial charge in [-0.25, -0.2) is 0 Å². The van der Waals surface area contributed by atoms with Crippen molar-refractivity contribution in [3.8, 4) is 11.5 Å². The van der Waals surface area contributed by atoms with Crippen LogP contribution in [0.4, 0.5) is 0 Å². The van der Waals surface area contributed by atoms with Gasteiger partial charge in [-0.1, -0.05) is 41.5 Å². The van der Waals surface area contributed by atoms with Gasteiger partial charge in [0.05, 0.1) is 0 Å². The Morgan fingerprint density at radius 3 is 1.25 bits per heavy atom. The average molecular weight is 573 g/mol. The Morgan fingerprint density at radius 2 is 0.950 bits per heavy atom. The summed E-state index contributed by atoms with van der Waals surface area (Å²) in [5.74, 6) is 1.70. The maximum Gasteiger partial charge on any atom is 0.250 e. The molecule has 4 aromatic rings. The van der Waals surface area contributed by atoms with E-state index in [2.05, 4.69) is 81.6 Å². The molecule has 0 amide bonds. The molecule has 0 heterocycles. The summed E-state index contributed by atoms with van der Waals surface area (Å²) in [7, 11) is -4.24. The van der Waals surface area contributed by atoms with Crippen molar-refractivity contribution in [3.05, 3.63) is 58.7 Å². The molecule has 6 heteroatoms. The fourth-order valence-electron chi connectivity index (χ4n) is 4.87. The second-order valence-electron chi connectivity index (χ2n) is 14.2. The highest BCUT2D eigenvalue weighted by molar-refractivity contribution is 6.75. The molecule has 0 saturated carbocycles. The number of fused-ring (bicyclic) bond motifs is 5. The molecule has 0 spiro atoms. The summed E-state index contributed by atoms with van der Waals surface area (Å²) in [6.07, 6.45) is 1.81. The summed E-state index contributed by atoms with van der Waals surface area (Å²) in [4.78, 5) is 24.6. The highest BCUT2D eigenvalue weighted by Crippen LogP contribution is 2.45. The van der Waals surface area contributed by atoms with E-state index >= 15 is 0 Å². The van der Waals surface area contributed by atoms with Crippen LogP contribution in [-0.4, -0.2) is 29.2 Å². The van der Waals surface area contributed by atoms with Crippen LogP contribution in [0.3, 0.4) is 0 Å². The van der Waals surface area contributed by atoms with Crippen LogP contribution in [0.25, 0.3) is 32.3 Å². The molecule has 0 saturated heterocycles. The second kappa shape index (κ2) is 9.84. The number of hydrogen-bond donors (Lipinski definition) is 0. The number of carbonyl (C=O) groups excluding carboxylic acids is 2. The van der Waals surface area contributed by atoms with Crippen molar-refractivity contribution >= 4 is 61.5 Å². The topological polar surface area (TPSA) is 52.6 Å². The van der Waals surface area contributed by atoms with Crippen LogP contribution >= 0.6 is 0 Å². The zero-order valence-electron chi connectivity index (χ0n) is 26.3. The van der Waals surface area contributed by atoms with Crippen LogP contribution in [0.15, 0.2) is 36.4 Å². The lowest BCUT2D eigenvalue weighted by Gasteiger charge is -2.37. The van der Waals surface area contributed by atoms with Crippen LogP contribution in [0.2, 0.25) is 36.3 Å². The number of benzene rings is 4. The molecular formula is C34H44O4Si2. The summed E-state index contributed by atoms with van der Waals surface area (Å²) in [5, 5.41) is 5.73. The Bertz CT molecular complexity index is 1550. The zero-order valence-corrected chi connectivity index (χ0v) is 28.3. The van der Waals surface area contributed by atoms with Crippen molar-refractivity contribution in [2.24, 2.45) is 0 Å². The van der Waals surface area contributed by atoms with Gasteiger partial charge < -0.3 is 8.85 Å². The summed E-state index contributed by atoms with van der Waals surface area (Å²) >= 11 is 0. The smallest absolute Gasteiger partial charge is 0.250 e. The largest absolute Gasteiger partial charge is 0.543 e. The molecular weight excluding hydrogens is 529 g/mol. The third kappa shape index (κ3) is 4.90. The van der Waals surface area contributed by atoms with Crippen molar-refractivity contribution in [1.29, 1.82) is 0 Å². The molecule has 4 aromatic carbocycles. The molecule has 0 aliphatic heterocycles. The fraction of sp³-hybridized carbons (Fsp3) is 0.412. The van der Waals surface area contributed by atoms with E-state index in [1.807, 2.05) is 36.4 Å². The van der Waals surface area contributed by atoms with E-state index in [1.165, 1.54) is 0 Å². The van der Waals surface area contributed by atoms with E-state index in [4.69, 9.17) is 8.85 Å². The number of aldehydes is 2. The van der Waals surface area contributed by atoms with Crippen LogP contribution in [0.5, 0.6) is 11.5 Å². The summed E-state index contributed by atoms with van der Waals surface area (Å²) in [5.41, 5.74) is 3.22. The molecule has 0 N–H and O–H groups in total. The van der Waals surface area contributed by atoms with E-state index in [1.54, 1.807) is 0 Å². The standard InChI is InChI=1S/C34H44O4Si2/c1-21-28(37-39(9,10)33(3,4)5)15-13-26-24(19-35)17-23-18-25(20-36)27-14-16-29(38-40(11,12)34(6,7)8)22(2)31(27)32(23)30(21)26/h13-20H,1-12H3. The first-order valence-corrected chi connectivity index (χ1v) is 19.9. The molecule has 0 atom stereocenters. The van der Waals surface area contributed by atoms with Gasteiger partial charge in [-0.3, -0.25) is 9.59 Å². The molecule has 4 rings (SSSR count). The number of hydrogen-bond acceptors (Lipinski definition) is 4. The van der Waals surface area contributed by atoms with Gasteiger partial charge in [0.2, 0.25) is 16.6 Å². The van der Waals surface area contributed by atoms with Gasteiger partial charge >= 0.3 is 0 Å². The van der Waals surface area contributed by atoms with E-state index < -0.39 is 16.6 Å². The maximum absolute atomic E-state index is 12.3. The molecule has 0 unspecified atom stereocenters. The Balaban J connectivity index is 2.18. The minimum atomic E-state index is -2.12. The number of aryl methyl sites for hydroxylation is 2. The molecule has 0 fully saturated rings. The SMILES string of the molecule is Cc1c(O[Si](C)(C)C(C)(C)C)ccc2c(C=O)cc3cc(C=O)c4ccc(O[Si](C)(C)C(C)(C)C)c(C)c4c3c12. The van der Waals surface area contributed by atoms with Gasteiger partial charge in [0.25, 0.3) is 0 Å². The van der Waals surface area contributed by atoms with E-state index in [0.29, 0.717) is 11.1 Å². The Labute approximate surface area is 241 Å². The molecule has 0 bridgehead atoms. The van der Waals surface area contributed by atoms with Crippen LogP contribution in [-0.2, 0) is 0 Å². The molecule has 40 heavy (non-hydrogen) atoms. The van der Waals surface area contributed by atoms with Gasteiger partial charge in [-0.05, 0) is 130 Å². The van der Waals surface area contributed by atoms with Gasteiger partial charge in [0.15, 0.2) is 12.6 Å². The number of rotatable bonds is 6. The molecule has 0 aliphatic carbocycles. The zero-order chi connectivity index (χ0) is 30.0. The highest BCUT2D eigenvalue weighted by Gasteiger charge is 2.40. The summed E-state index contributed by atoms with van der Waals surface area (Å²) in [6, 6.07) is 11.9. The third-order valence-corrected chi connectivity index (χ3v) is 18.1. The Kier molecular flexibility index (Phi) is 7.38. The minimum Gasteiger partial charge on any atom is -0.543 e. The van der Waals surface area contributed by atoms with Crippen LogP contribution < -0.4 is 8.85 Å². The average Bonchev–Trinajstić information content (AvgIpc) is 2.84. The molecule has 0 aromatic heterocycles. The van der Waals surface area contributed by atoms with Crippen molar-refractivity contribution in [1.82, 2.24) is 0 Å². The quantitative estimate of drug-likeness (QED) is 0.131.